The monoisotopic (exact) mass is 562 g/mol. The predicted octanol–water partition coefficient (Wildman–Crippen LogP) is 4.89. The highest BCUT2D eigenvalue weighted by atomic mass is 16.5. The fourth-order valence-corrected chi connectivity index (χ4v) is 5.05. The van der Waals surface area contributed by atoms with Crippen LogP contribution in [0.25, 0.3) is 11.2 Å². The van der Waals surface area contributed by atoms with E-state index in [4.69, 9.17) is 19.7 Å². The maximum atomic E-state index is 12.9. The molecule has 3 heterocycles. The van der Waals surface area contributed by atoms with Gasteiger partial charge < -0.3 is 29.7 Å². The average molecular weight is 563 g/mol. The molecule has 0 saturated carbocycles. The standard InChI is InChI=1S/C32H34N8O2/c1-42-27-14-12-26(13-15-27)35-32(41)39-20-18-38(19-21-39)31-36-29(33-17-16-24-8-4-2-5-9-24)28-30(37-31)40(23-34-28)22-25-10-6-3-7-11-25/h2-15,23H,16-22H2,1H3,(H,35,41)(H,33,36,37). The van der Waals surface area contributed by atoms with E-state index in [1.54, 1.807) is 7.11 Å². The number of benzene rings is 3. The summed E-state index contributed by atoms with van der Waals surface area (Å²) >= 11 is 0. The maximum Gasteiger partial charge on any atom is 0.321 e. The Morgan fingerprint density at radius 1 is 0.857 bits per heavy atom. The number of nitrogens with one attached hydrogen (secondary N) is 2. The molecule has 1 aliphatic heterocycles. The molecule has 1 aliphatic rings. The minimum atomic E-state index is -0.125. The van der Waals surface area contributed by atoms with Crippen LogP contribution in [-0.2, 0) is 13.0 Å². The predicted molar refractivity (Wildman–Crippen MR) is 165 cm³/mol. The normalized spacial score (nSPS) is 13.3. The van der Waals surface area contributed by atoms with E-state index in [9.17, 15) is 4.79 Å². The lowest BCUT2D eigenvalue weighted by Crippen LogP contribution is -2.50. The van der Waals surface area contributed by atoms with Crippen LogP contribution >= 0.6 is 0 Å². The van der Waals surface area contributed by atoms with Gasteiger partial charge in [0.1, 0.15) is 5.75 Å². The van der Waals surface area contributed by atoms with Crippen LogP contribution in [0.1, 0.15) is 11.1 Å². The van der Waals surface area contributed by atoms with Crippen molar-refractivity contribution in [1.82, 2.24) is 24.4 Å². The van der Waals surface area contributed by atoms with Crippen LogP contribution in [0.4, 0.5) is 22.2 Å². The summed E-state index contributed by atoms with van der Waals surface area (Å²) in [6.45, 7) is 3.75. The van der Waals surface area contributed by atoms with Gasteiger partial charge in [0.2, 0.25) is 5.95 Å². The van der Waals surface area contributed by atoms with Crippen LogP contribution in [0, 0.1) is 0 Å². The zero-order valence-electron chi connectivity index (χ0n) is 23.6. The third kappa shape index (κ3) is 6.27. The summed E-state index contributed by atoms with van der Waals surface area (Å²) in [5.74, 6) is 2.10. The van der Waals surface area contributed by atoms with Gasteiger partial charge >= 0.3 is 6.03 Å². The fraction of sp³-hybridized carbons (Fsp3) is 0.250. The second-order valence-corrected chi connectivity index (χ2v) is 10.2. The summed E-state index contributed by atoms with van der Waals surface area (Å²) in [4.78, 5) is 31.5. The summed E-state index contributed by atoms with van der Waals surface area (Å²) < 4.78 is 7.27. The first-order valence-corrected chi connectivity index (χ1v) is 14.2. The smallest absolute Gasteiger partial charge is 0.321 e. The molecule has 10 heteroatoms. The number of nitrogens with zero attached hydrogens (tertiary/aromatic N) is 6. The van der Waals surface area contributed by atoms with Crippen LogP contribution in [-0.4, -0.2) is 70.3 Å². The van der Waals surface area contributed by atoms with Gasteiger partial charge in [-0.1, -0.05) is 60.7 Å². The average Bonchev–Trinajstić information content (AvgIpc) is 3.45. The van der Waals surface area contributed by atoms with Crippen molar-refractivity contribution >= 4 is 34.6 Å². The van der Waals surface area contributed by atoms with E-state index in [0.29, 0.717) is 38.7 Å². The van der Waals surface area contributed by atoms with Crippen molar-refractivity contribution in [2.24, 2.45) is 0 Å². The Balaban J connectivity index is 1.18. The first kappa shape index (κ1) is 27.1. The Bertz CT molecular complexity index is 1620. The summed E-state index contributed by atoms with van der Waals surface area (Å²) in [5.41, 5.74) is 4.70. The zero-order chi connectivity index (χ0) is 28.7. The number of carbonyl (C=O) groups excluding carboxylic acids is 1. The number of rotatable bonds is 9. The molecule has 0 atom stereocenters. The van der Waals surface area contributed by atoms with Crippen molar-refractivity contribution < 1.29 is 9.53 Å². The van der Waals surface area contributed by atoms with Crippen LogP contribution in [0.5, 0.6) is 5.75 Å². The number of hydrogen-bond donors (Lipinski definition) is 2. The first-order chi connectivity index (χ1) is 20.7. The molecule has 0 bridgehead atoms. The highest BCUT2D eigenvalue weighted by Crippen LogP contribution is 2.25. The Morgan fingerprint density at radius 3 is 2.24 bits per heavy atom. The Kier molecular flexibility index (Phi) is 8.12. The third-order valence-corrected chi connectivity index (χ3v) is 7.39. The van der Waals surface area contributed by atoms with Gasteiger partial charge in [-0.15, -0.1) is 0 Å². The summed E-state index contributed by atoms with van der Waals surface area (Å²) in [6.07, 6.45) is 2.70. The van der Waals surface area contributed by atoms with Gasteiger partial charge in [0, 0.05) is 38.4 Å². The Hall–Kier alpha value is -5.12. The lowest BCUT2D eigenvalue weighted by atomic mass is 10.1. The first-order valence-electron chi connectivity index (χ1n) is 14.2. The Labute approximate surface area is 245 Å². The quantitative estimate of drug-likeness (QED) is 0.264. The largest absolute Gasteiger partial charge is 0.497 e. The second kappa shape index (κ2) is 12.6. The molecule has 2 aromatic heterocycles. The number of urea groups is 1. The molecule has 1 saturated heterocycles. The van der Waals surface area contributed by atoms with Crippen molar-refractivity contribution in [1.29, 1.82) is 0 Å². The molecule has 42 heavy (non-hydrogen) atoms. The molecule has 5 aromatic rings. The van der Waals surface area contributed by atoms with Crippen LogP contribution < -0.4 is 20.3 Å². The number of piperazine rings is 1. The number of ether oxygens (including phenoxy) is 1. The molecule has 1 fully saturated rings. The van der Waals surface area contributed by atoms with Crippen LogP contribution in [0.15, 0.2) is 91.3 Å². The Morgan fingerprint density at radius 2 is 1.55 bits per heavy atom. The highest BCUT2D eigenvalue weighted by Gasteiger charge is 2.24. The lowest BCUT2D eigenvalue weighted by Gasteiger charge is -2.34. The minimum absolute atomic E-state index is 0.125. The number of hydrogen-bond acceptors (Lipinski definition) is 7. The van der Waals surface area contributed by atoms with E-state index in [-0.39, 0.29) is 6.03 Å². The molecule has 10 nitrogen and oxygen atoms in total. The van der Waals surface area contributed by atoms with Crippen molar-refractivity contribution in [3.63, 3.8) is 0 Å². The van der Waals surface area contributed by atoms with E-state index < -0.39 is 0 Å². The molecule has 0 aliphatic carbocycles. The van der Waals surface area contributed by atoms with E-state index in [2.05, 4.69) is 56.5 Å². The SMILES string of the molecule is COc1ccc(NC(=O)N2CCN(c3nc(NCCc4ccccc4)c4ncn(Cc5ccccc5)c4n3)CC2)cc1. The summed E-state index contributed by atoms with van der Waals surface area (Å²) in [6, 6.07) is 27.9. The highest BCUT2D eigenvalue weighted by molar-refractivity contribution is 5.89. The number of anilines is 3. The van der Waals surface area contributed by atoms with Gasteiger partial charge in [-0.2, -0.15) is 9.97 Å². The van der Waals surface area contributed by atoms with Gasteiger partial charge in [0.25, 0.3) is 0 Å². The fourth-order valence-electron chi connectivity index (χ4n) is 5.05. The molecule has 3 aromatic carbocycles. The zero-order valence-corrected chi connectivity index (χ0v) is 23.6. The number of methoxy groups -OCH3 is 1. The van der Waals surface area contributed by atoms with Gasteiger partial charge in [0.15, 0.2) is 17.0 Å². The summed E-state index contributed by atoms with van der Waals surface area (Å²) in [5, 5.41) is 6.49. The third-order valence-electron chi connectivity index (χ3n) is 7.39. The van der Waals surface area contributed by atoms with Crippen LogP contribution in [0.3, 0.4) is 0 Å². The minimum Gasteiger partial charge on any atom is -0.497 e. The number of carbonyl (C=O) groups is 1. The molecule has 0 radical (unpaired) electrons. The van der Waals surface area contributed by atoms with Crippen molar-refractivity contribution in [2.45, 2.75) is 13.0 Å². The topological polar surface area (TPSA) is 100 Å². The van der Waals surface area contributed by atoms with Gasteiger partial charge in [-0.05, 0) is 41.8 Å². The molecular formula is C32H34N8O2. The summed E-state index contributed by atoms with van der Waals surface area (Å²) in [7, 11) is 1.62. The van der Waals surface area contributed by atoms with Gasteiger partial charge in [-0.3, -0.25) is 0 Å². The molecular weight excluding hydrogens is 528 g/mol. The number of imidazole rings is 1. The molecule has 2 amide bonds. The van der Waals surface area contributed by atoms with Crippen LogP contribution in [0.2, 0.25) is 0 Å². The number of fused-ring (bicyclic) bond motifs is 1. The number of aromatic nitrogens is 4. The lowest BCUT2D eigenvalue weighted by molar-refractivity contribution is 0.208. The van der Waals surface area contributed by atoms with Gasteiger partial charge in [0.05, 0.1) is 20.0 Å². The maximum absolute atomic E-state index is 12.9. The van der Waals surface area contributed by atoms with E-state index >= 15 is 0 Å². The molecule has 0 spiro atoms. The molecule has 6 rings (SSSR count). The second-order valence-electron chi connectivity index (χ2n) is 10.2. The van der Waals surface area contributed by atoms with Gasteiger partial charge in [-0.25, -0.2) is 9.78 Å². The van der Waals surface area contributed by atoms with E-state index in [0.717, 1.165) is 41.4 Å². The van der Waals surface area contributed by atoms with E-state index in [1.165, 1.54) is 11.1 Å². The van der Waals surface area contributed by atoms with E-state index in [1.807, 2.05) is 59.8 Å². The molecule has 2 N–H and O–H groups in total. The van der Waals surface area contributed by atoms with Crippen molar-refractivity contribution in [2.75, 3.05) is 55.4 Å². The van der Waals surface area contributed by atoms with Crippen molar-refractivity contribution in [3.8, 4) is 5.75 Å². The molecule has 214 valence electrons. The molecule has 0 unspecified atom stereocenters. The number of amides is 2. The van der Waals surface area contributed by atoms with Crippen molar-refractivity contribution in [3.05, 3.63) is 102 Å².